The number of likely N-dealkylation sites (N-methyl/N-ethyl adjacent to an activating group) is 1. The maximum atomic E-state index is 12.1. The predicted octanol–water partition coefficient (Wildman–Crippen LogP) is 3.47. The molecule has 1 N–H and O–H groups in total. The summed E-state index contributed by atoms with van der Waals surface area (Å²) in [6, 6.07) is 14.4. The monoisotopic (exact) mass is 373 g/mol. The van der Waals surface area contributed by atoms with E-state index in [2.05, 4.69) is 21.2 Å². The van der Waals surface area contributed by atoms with Gasteiger partial charge in [-0.25, -0.2) is 0 Å². The molecule has 0 spiro atoms. The molecule has 23 heavy (non-hydrogen) atoms. The molecular weight excluding hydrogens is 358 g/mol. The van der Waals surface area contributed by atoms with Crippen molar-refractivity contribution in [3.05, 3.63) is 70.2 Å². The second-order valence-corrected chi connectivity index (χ2v) is 5.56. The second kappa shape index (κ2) is 8.29. The first-order chi connectivity index (χ1) is 11.1. The van der Waals surface area contributed by atoms with Crippen LogP contribution in [0, 0.1) is 0 Å². The van der Waals surface area contributed by atoms with Crippen molar-refractivity contribution in [3.63, 3.8) is 0 Å². The molecule has 0 heterocycles. The van der Waals surface area contributed by atoms with Gasteiger partial charge in [-0.2, -0.15) is 0 Å². The van der Waals surface area contributed by atoms with E-state index in [1.165, 1.54) is 6.08 Å². The number of amides is 1. The van der Waals surface area contributed by atoms with E-state index >= 15 is 0 Å². The van der Waals surface area contributed by atoms with Gasteiger partial charge in [0.25, 0.3) is 5.91 Å². The highest BCUT2D eigenvalue weighted by Gasteiger charge is 2.04. The third kappa shape index (κ3) is 5.07. The van der Waals surface area contributed by atoms with Crippen molar-refractivity contribution in [1.82, 2.24) is 5.32 Å². The molecule has 0 bridgehead atoms. The van der Waals surface area contributed by atoms with Crippen LogP contribution < -0.4 is 10.1 Å². The van der Waals surface area contributed by atoms with E-state index in [1.54, 1.807) is 37.4 Å². The number of halogens is 1. The summed E-state index contributed by atoms with van der Waals surface area (Å²) in [6.07, 6.45) is 3.29. The number of carbonyl (C=O) groups excluding carboxylic acids is 2. The zero-order chi connectivity index (χ0) is 16.7. The number of carbonyl (C=O) groups is 2. The quantitative estimate of drug-likeness (QED) is 0.622. The molecule has 0 aromatic heterocycles. The maximum Gasteiger partial charge on any atom is 0.257 e. The minimum absolute atomic E-state index is 0.0499. The molecule has 0 aliphatic rings. The standard InChI is InChI=1S/C18H16BrNO3/c1-20-18(22)12-23-15-9-6-14(7-10-15)17(21)11-8-13-4-2-3-5-16(13)19/h2-11H,12H2,1H3,(H,20,22)/b11-8+. The average molecular weight is 374 g/mol. The fourth-order valence-corrected chi connectivity index (χ4v) is 2.23. The number of hydrogen-bond donors (Lipinski definition) is 1. The molecule has 4 nitrogen and oxygen atoms in total. The Morgan fingerprint density at radius 2 is 1.83 bits per heavy atom. The Labute approximate surface area is 143 Å². The van der Waals surface area contributed by atoms with Gasteiger partial charge in [0.1, 0.15) is 5.75 Å². The third-order valence-electron chi connectivity index (χ3n) is 3.11. The number of ether oxygens (including phenoxy) is 1. The molecule has 2 aromatic rings. The first-order valence-electron chi connectivity index (χ1n) is 7.00. The van der Waals surface area contributed by atoms with E-state index in [0.29, 0.717) is 11.3 Å². The van der Waals surface area contributed by atoms with Gasteiger partial charge in [0.05, 0.1) is 0 Å². The summed E-state index contributed by atoms with van der Waals surface area (Å²) in [6.45, 7) is -0.0499. The van der Waals surface area contributed by atoms with Gasteiger partial charge in [-0.15, -0.1) is 0 Å². The van der Waals surface area contributed by atoms with E-state index in [9.17, 15) is 9.59 Å². The number of allylic oxidation sites excluding steroid dienone is 1. The van der Waals surface area contributed by atoms with Crippen LogP contribution in [0.3, 0.4) is 0 Å². The lowest BCUT2D eigenvalue weighted by molar-refractivity contribution is -0.122. The summed E-state index contributed by atoms with van der Waals surface area (Å²) >= 11 is 3.44. The van der Waals surface area contributed by atoms with Crippen LogP contribution in [0.4, 0.5) is 0 Å². The topological polar surface area (TPSA) is 55.4 Å². The normalized spacial score (nSPS) is 10.5. The maximum absolute atomic E-state index is 12.1. The fraction of sp³-hybridized carbons (Fsp3) is 0.111. The van der Waals surface area contributed by atoms with Crippen molar-refractivity contribution in [3.8, 4) is 5.75 Å². The molecule has 0 fully saturated rings. The highest BCUT2D eigenvalue weighted by molar-refractivity contribution is 9.10. The average Bonchev–Trinajstić information content (AvgIpc) is 2.59. The number of benzene rings is 2. The molecule has 0 atom stereocenters. The largest absolute Gasteiger partial charge is 0.484 e. The van der Waals surface area contributed by atoms with E-state index in [-0.39, 0.29) is 18.3 Å². The smallest absolute Gasteiger partial charge is 0.257 e. The van der Waals surface area contributed by atoms with Gasteiger partial charge in [0.2, 0.25) is 0 Å². The van der Waals surface area contributed by atoms with Crippen molar-refractivity contribution < 1.29 is 14.3 Å². The highest BCUT2D eigenvalue weighted by Crippen LogP contribution is 2.18. The number of nitrogens with one attached hydrogen (secondary N) is 1. The Kier molecular flexibility index (Phi) is 6.11. The van der Waals surface area contributed by atoms with E-state index in [1.807, 2.05) is 24.3 Å². The molecule has 0 radical (unpaired) electrons. The minimum atomic E-state index is -0.207. The van der Waals surface area contributed by atoms with Gasteiger partial charge >= 0.3 is 0 Å². The zero-order valence-corrected chi connectivity index (χ0v) is 14.2. The van der Waals surface area contributed by atoms with Gasteiger partial charge < -0.3 is 10.1 Å². The lowest BCUT2D eigenvalue weighted by Gasteiger charge is -2.05. The van der Waals surface area contributed by atoms with Crippen LogP contribution in [0.5, 0.6) is 5.75 Å². The Morgan fingerprint density at radius 3 is 2.48 bits per heavy atom. The summed E-state index contributed by atoms with van der Waals surface area (Å²) < 4.78 is 6.22. The van der Waals surface area contributed by atoms with Crippen molar-refractivity contribution in [2.45, 2.75) is 0 Å². The molecule has 0 aliphatic carbocycles. The number of ketones is 1. The summed E-state index contributed by atoms with van der Waals surface area (Å²) in [5, 5.41) is 2.47. The summed E-state index contributed by atoms with van der Waals surface area (Å²) in [7, 11) is 1.55. The fourth-order valence-electron chi connectivity index (χ4n) is 1.81. The molecule has 1 amide bonds. The molecule has 0 aliphatic heterocycles. The molecule has 0 saturated carbocycles. The van der Waals surface area contributed by atoms with Crippen LogP contribution in [0.15, 0.2) is 59.1 Å². The zero-order valence-electron chi connectivity index (χ0n) is 12.6. The molecule has 0 saturated heterocycles. The molecular formula is C18H16BrNO3. The van der Waals surface area contributed by atoms with Crippen LogP contribution in [0.25, 0.3) is 6.08 Å². The second-order valence-electron chi connectivity index (χ2n) is 4.71. The minimum Gasteiger partial charge on any atom is -0.484 e. The lowest BCUT2D eigenvalue weighted by atomic mass is 10.1. The van der Waals surface area contributed by atoms with Gasteiger partial charge in [0.15, 0.2) is 12.4 Å². The third-order valence-corrected chi connectivity index (χ3v) is 3.83. The van der Waals surface area contributed by atoms with Gasteiger partial charge in [-0.1, -0.05) is 34.1 Å². The molecule has 2 rings (SSSR count). The van der Waals surface area contributed by atoms with Crippen LogP contribution in [0.1, 0.15) is 15.9 Å². The van der Waals surface area contributed by atoms with Crippen molar-refractivity contribution in [1.29, 1.82) is 0 Å². The molecule has 5 heteroatoms. The first-order valence-corrected chi connectivity index (χ1v) is 7.80. The Hall–Kier alpha value is -2.40. The summed E-state index contributed by atoms with van der Waals surface area (Å²) in [4.78, 5) is 23.3. The number of rotatable bonds is 6. The van der Waals surface area contributed by atoms with Gasteiger partial charge in [-0.3, -0.25) is 9.59 Å². The Morgan fingerprint density at radius 1 is 1.13 bits per heavy atom. The van der Waals surface area contributed by atoms with Crippen LogP contribution in [0.2, 0.25) is 0 Å². The molecule has 2 aromatic carbocycles. The predicted molar refractivity (Wildman–Crippen MR) is 93.5 cm³/mol. The molecule has 118 valence electrons. The van der Waals surface area contributed by atoms with E-state index < -0.39 is 0 Å². The van der Waals surface area contributed by atoms with Crippen LogP contribution in [-0.4, -0.2) is 25.3 Å². The summed E-state index contributed by atoms with van der Waals surface area (Å²) in [5.74, 6) is 0.236. The highest BCUT2D eigenvalue weighted by atomic mass is 79.9. The van der Waals surface area contributed by atoms with Crippen molar-refractivity contribution in [2.24, 2.45) is 0 Å². The van der Waals surface area contributed by atoms with Gasteiger partial charge in [0, 0.05) is 17.1 Å². The SMILES string of the molecule is CNC(=O)COc1ccc(C(=O)/C=C/c2ccccc2Br)cc1. The molecule has 0 unspecified atom stereocenters. The Bertz CT molecular complexity index is 723. The first kappa shape index (κ1) is 17.0. The van der Waals surface area contributed by atoms with Crippen LogP contribution >= 0.6 is 15.9 Å². The van der Waals surface area contributed by atoms with Crippen molar-refractivity contribution in [2.75, 3.05) is 13.7 Å². The van der Waals surface area contributed by atoms with Crippen molar-refractivity contribution >= 4 is 33.7 Å². The van der Waals surface area contributed by atoms with Gasteiger partial charge in [-0.05, 0) is 48.0 Å². The Balaban J connectivity index is 2.00. The summed E-state index contributed by atoms with van der Waals surface area (Å²) in [5.41, 5.74) is 1.49. The van der Waals surface area contributed by atoms with E-state index in [0.717, 1.165) is 10.0 Å². The number of hydrogen-bond acceptors (Lipinski definition) is 3. The van der Waals surface area contributed by atoms with E-state index in [4.69, 9.17) is 4.74 Å². The van der Waals surface area contributed by atoms with Crippen LogP contribution in [-0.2, 0) is 4.79 Å². The lowest BCUT2D eigenvalue weighted by Crippen LogP contribution is -2.24.